The average molecular weight is 588 g/mol. The van der Waals surface area contributed by atoms with Crippen molar-refractivity contribution >= 4 is 29.2 Å². The number of benzene rings is 2. The standard InChI is InChI=1S/C23H12ClF10N3O2/c1-10-7-11(5-6-15(10)35-18-12-3-2-4-14(24)16(12)19(38)39-18)8-37-9-13(20(25,26)22(29,30)31)17(36-37)21(27,28)23(32,33)34/h2-7,9H,8H2,1H3/b35-18-. The third-order valence-electron chi connectivity index (χ3n) is 5.57. The highest BCUT2D eigenvalue weighted by Gasteiger charge is 2.67. The molecule has 0 unspecified atom stereocenters. The van der Waals surface area contributed by atoms with Crippen LogP contribution in [0, 0.1) is 6.92 Å². The first-order valence-electron chi connectivity index (χ1n) is 10.5. The van der Waals surface area contributed by atoms with Crippen LogP contribution in [-0.4, -0.2) is 34.0 Å². The number of hydrogen-bond donors (Lipinski definition) is 0. The molecule has 0 amide bonds. The summed E-state index contributed by atoms with van der Waals surface area (Å²) in [6.07, 6.45) is -13.2. The van der Waals surface area contributed by atoms with Crippen molar-refractivity contribution in [1.82, 2.24) is 9.78 Å². The van der Waals surface area contributed by atoms with Gasteiger partial charge in [0.05, 0.1) is 33.9 Å². The van der Waals surface area contributed by atoms with Gasteiger partial charge in [-0.3, -0.25) is 4.68 Å². The van der Waals surface area contributed by atoms with E-state index in [-0.39, 0.29) is 38.6 Å². The Kier molecular flexibility index (Phi) is 6.73. The number of cyclic esters (lactones) is 1. The van der Waals surface area contributed by atoms with E-state index >= 15 is 0 Å². The lowest BCUT2D eigenvalue weighted by molar-refractivity contribution is -0.302. The Hall–Kier alpha value is -3.62. The summed E-state index contributed by atoms with van der Waals surface area (Å²) in [5, 5.41) is 2.89. The summed E-state index contributed by atoms with van der Waals surface area (Å²) in [5.41, 5.74) is -4.39. The van der Waals surface area contributed by atoms with Crippen molar-refractivity contribution in [2.45, 2.75) is 37.7 Å². The van der Waals surface area contributed by atoms with E-state index in [4.69, 9.17) is 16.3 Å². The van der Waals surface area contributed by atoms with Gasteiger partial charge in [-0.15, -0.1) is 0 Å². The number of esters is 1. The Morgan fingerprint density at radius 3 is 2.18 bits per heavy atom. The van der Waals surface area contributed by atoms with E-state index < -0.39 is 48.0 Å². The molecule has 0 N–H and O–H groups in total. The molecule has 0 atom stereocenters. The molecule has 0 saturated heterocycles. The Morgan fingerprint density at radius 1 is 0.949 bits per heavy atom. The number of aromatic nitrogens is 2. The Labute approximate surface area is 216 Å². The summed E-state index contributed by atoms with van der Waals surface area (Å²) in [6.45, 7) is 0.730. The van der Waals surface area contributed by atoms with Gasteiger partial charge in [0.15, 0.2) is 5.69 Å². The van der Waals surface area contributed by atoms with Gasteiger partial charge in [0.2, 0.25) is 5.90 Å². The van der Waals surface area contributed by atoms with E-state index in [0.29, 0.717) is 11.1 Å². The average Bonchev–Trinajstić information content (AvgIpc) is 3.37. The number of halogens is 11. The van der Waals surface area contributed by atoms with Gasteiger partial charge in [-0.1, -0.05) is 29.8 Å². The molecule has 16 heteroatoms. The van der Waals surface area contributed by atoms with Crippen molar-refractivity contribution in [2.75, 3.05) is 0 Å². The number of alkyl halides is 10. The fourth-order valence-electron chi connectivity index (χ4n) is 3.68. The Morgan fingerprint density at radius 2 is 1.59 bits per heavy atom. The van der Waals surface area contributed by atoms with Crippen LogP contribution in [0.15, 0.2) is 47.6 Å². The summed E-state index contributed by atoms with van der Waals surface area (Å²) in [7, 11) is 0. The third-order valence-corrected chi connectivity index (χ3v) is 5.89. The molecule has 1 aromatic heterocycles. The SMILES string of the molecule is Cc1cc(Cn2cc(C(F)(F)C(F)(F)F)c(C(F)(F)C(F)(F)F)n2)ccc1/N=C1\OC(=O)c2c(Cl)cccc21. The second-order valence-electron chi connectivity index (χ2n) is 8.32. The summed E-state index contributed by atoms with van der Waals surface area (Å²) >= 11 is 6.00. The van der Waals surface area contributed by atoms with E-state index in [9.17, 15) is 48.7 Å². The predicted octanol–water partition coefficient (Wildman–Crippen LogP) is 7.45. The van der Waals surface area contributed by atoms with Gasteiger partial charge in [-0.2, -0.15) is 49.0 Å². The van der Waals surface area contributed by atoms with Gasteiger partial charge in [0.25, 0.3) is 0 Å². The number of aryl methyl sites for hydroxylation is 1. The zero-order valence-corrected chi connectivity index (χ0v) is 19.8. The lowest BCUT2D eigenvalue weighted by Gasteiger charge is -2.23. The predicted molar refractivity (Wildman–Crippen MR) is 115 cm³/mol. The van der Waals surface area contributed by atoms with Gasteiger partial charge in [-0.25, -0.2) is 9.79 Å². The highest BCUT2D eigenvalue weighted by Crippen LogP contribution is 2.51. The number of carbonyl (C=O) groups is 1. The van der Waals surface area contributed by atoms with E-state index in [0.717, 1.165) is 0 Å². The van der Waals surface area contributed by atoms with Crippen LogP contribution in [-0.2, 0) is 23.1 Å². The summed E-state index contributed by atoms with van der Waals surface area (Å²) < 4.78 is 138. The van der Waals surface area contributed by atoms with Crippen molar-refractivity contribution < 1.29 is 53.4 Å². The third kappa shape index (κ3) is 4.94. The second-order valence-corrected chi connectivity index (χ2v) is 8.73. The van der Waals surface area contributed by atoms with Crippen LogP contribution in [0.4, 0.5) is 49.6 Å². The van der Waals surface area contributed by atoms with Crippen molar-refractivity contribution in [3.8, 4) is 0 Å². The molecule has 0 saturated carbocycles. The molecule has 1 aliphatic heterocycles. The lowest BCUT2D eigenvalue weighted by atomic mass is 10.0. The van der Waals surface area contributed by atoms with Crippen LogP contribution in [0.5, 0.6) is 0 Å². The summed E-state index contributed by atoms with van der Waals surface area (Å²) in [6, 6.07) is 8.40. The van der Waals surface area contributed by atoms with E-state index in [1.165, 1.54) is 37.3 Å². The quantitative estimate of drug-likeness (QED) is 0.230. The molecule has 0 spiro atoms. The van der Waals surface area contributed by atoms with Crippen LogP contribution in [0.2, 0.25) is 5.02 Å². The number of hydrogen-bond acceptors (Lipinski definition) is 4. The number of rotatable bonds is 5. The van der Waals surface area contributed by atoms with Crippen LogP contribution < -0.4 is 0 Å². The van der Waals surface area contributed by atoms with Crippen molar-refractivity contribution in [3.05, 3.63) is 81.1 Å². The highest BCUT2D eigenvalue weighted by molar-refractivity contribution is 6.36. The van der Waals surface area contributed by atoms with Crippen LogP contribution in [0.3, 0.4) is 0 Å². The molecule has 2 heterocycles. The molecule has 0 radical (unpaired) electrons. The summed E-state index contributed by atoms with van der Waals surface area (Å²) in [5.74, 6) is -13.0. The first kappa shape index (κ1) is 28.4. The largest absolute Gasteiger partial charge is 0.459 e. The molecule has 3 aromatic rings. The number of aliphatic imine (C=N–C) groups is 1. The van der Waals surface area contributed by atoms with Gasteiger partial charge in [0.1, 0.15) is 0 Å². The van der Waals surface area contributed by atoms with Gasteiger partial charge in [0, 0.05) is 6.20 Å². The van der Waals surface area contributed by atoms with E-state index in [1.54, 1.807) is 6.07 Å². The first-order valence-corrected chi connectivity index (χ1v) is 10.9. The van der Waals surface area contributed by atoms with E-state index in [1.807, 2.05) is 0 Å². The topological polar surface area (TPSA) is 56.5 Å². The molecule has 0 bridgehead atoms. The molecule has 1 aliphatic rings. The molecule has 5 nitrogen and oxygen atoms in total. The minimum atomic E-state index is -6.49. The minimum absolute atomic E-state index is 0.0783. The first-order chi connectivity index (χ1) is 17.8. The monoisotopic (exact) mass is 587 g/mol. The zero-order chi connectivity index (χ0) is 29.1. The molecule has 4 rings (SSSR count). The number of carbonyl (C=O) groups excluding carboxylic acids is 1. The molecule has 39 heavy (non-hydrogen) atoms. The van der Waals surface area contributed by atoms with Crippen LogP contribution >= 0.6 is 11.6 Å². The minimum Gasteiger partial charge on any atom is -0.403 e. The molecule has 0 fully saturated rings. The number of nitrogens with zero attached hydrogens (tertiary/aromatic N) is 3. The lowest BCUT2D eigenvalue weighted by Crippen LogP contribution is -2.40. The fraction of sp³-hybridized carbons (Fsp3) is 0.261. The normalized spacial score (nSPS) is 15.6. The smallest absolute Gasteiger partial charge is 0.403 e. The molecule has 208 valence electrons. The maximum absolute atomic E-state index is 13.9. The number of fused-ring (bicyclic) bond motifs is 1. The van der Waals surface area contributed by atoms with Crippen molar-refractivity contribution in [1.29, 1.82) is 0 Å². The second kappa shape index (κ2) is 9.24. The fourth-order valence-corrected chi connectivity index (χ4v) is 3.93. The molecule has 0 aliphatic carbocycles. The maximum atomic E-state index is 13.9. The van der Waals surface area contributed by atoms with Gasteiger partial charge in [-0.05, 0) is 36.2 Å². The number of ether oxygens (including phenoxy) is 1. The van der Waals surface area contributed by atoms with Gasteiger partial charge >= 0.3 is 30.2 Å². The Balaban J connectivity index is 1.70. The van der Waals surface area contributed by atoms with Crippen molar-refractivity contribution in [2.24, 2.45) is 4.99 Å². The van der Waals surface area contributed by atoms with Crippen molar-refractivity contribution in [3.63, 3.8) is 0 Å². The van der Waals surface area contributed by atoms with Crippen LogP contribution in [0.25, 0.3) is 0 Å². The van der Waals surface area contributed by atoms with E-state index in [2.05, 4.69) is 10.1 Å². The maximum Gasteiger partial charge on any atom is 0.459 e. The zero-order valence-electron chi connectivity index (χ0n) is 19.1. The summed E-state index contributed by atoms with van der Waals surface area (Å²) in [4.78, 5) is 16.3. The highest BCUT2D eigenvalue weighted by atomic mass is 35.5. The Bertz CT molecular complexity index is 1450. The molecular weight excluding hydrogens is 576 g/mol. The van der Waals surface area contributed by atoms with Gasteiger partial charge < -0.3 is 4.74 Å². The molecule has 2 aromatic carbocycles. The molecular formula is C23H12ClF10N3O2. The van der Waals surface area contributed by atoms with Crippen LogP contribution in [0.1, 0.15) is 38.3 Å².